The maximum Gasteiger partial charge on any atom is 0.164 e. The predicted octanol–water partition coefficient (Wildman–Crippen LogP) is 9.22. The van der Waals surface area contributed by atoms with Gasteiger partial charge in [0.2, 0.25) is 0 Å². The van der Waals surface area contributed by atoms with E-state index in [0.717, 1.165) is 71.3 Å². The van der Waals surface area contributed by atoms with E-state index < -0.39 is 0 Å². The Kier molecular flexibility index (Phi) is 4.80. The number of aromatic nitrogens is 4. The van der Waals surface area contributed by atoms with Gasteiger partial charge in [-0.25, -0.2) is 15.0 Å². The van der Waals surface area contributed by atoms with Crippen LogP contribution in [-0.4, -0.2) is 19.9 Å². The molecule has 0 radical (unpaired) electrons. The van der Waals surface area contributed by atoms with E-state index in [1.54, 1.807) is 6.20 Å². The van der Waals surface area contributed by atoms with Gasteiger partial charge in [0, 0.05) is 56.0 Å². The van der Waals surface area contributed by atoms with E-state index in [0.29, 0.717) is 17.5 Å². The monoisotopic (exact) mass is 540 g/mol. The van der Waals surface area contributed by atoms with Crippen LogP contribution in [0.5, 0.6) is 0 Å². The van der Waals surface area contributed by atoms with Crippen molar-refractivity contribution in [1.29, 1.82) is 0 Å². The lowest BCUT2D eigenvalue weighted by molar-refractivity contribution is 0.669. The lowest BCUT2D eigenvalue weighted by Crippen LogP contribution is -2.00. The summed E-state index contributed by atoms with van der Waals surface area (Å²) in [7, 11) is 0. The van der Waals surface area contributed by atoms with Gasteiger partial charge in [0.15, 0.2) is 17.5 Å². The number of nitrogens with zero attached hydrogens (tertiary/aromatic N) is 4. The summed E-state index contributed by atoms with van der Waals surface area (Å²) in [6.45, 7) is 0. The van der Waals surface area contributed by atoms with Crippen molar-refractivity contribution in [3.05, 3.63) is 122 Å². The normalized spacial score (nSPS) is 11.8. The Morgan fingerprint density at radius 3 is 2.17 bits per heavy atom. The van der Waals surface area contributed by atoms with Crippen molar-refractivity contribution in [3.8, 4) is 34.2 Å². The van der Waals surface area contributed by atoms with Crippen molar-refractivity contribution in [3.63, 3.8) is 0 Å². The molecule has 0 unspecified atom stereocenters. The predicted molar refractivity (Wildman–Crippen MR) is 166 cm³/mol. The summed E-state index contributed by atoms with van der Waals surface area (Å²) < 4.78 is 12.5. The van der Waals surface area contributed by atoms with Crippen LogP contribution in [0.2, 0.25) is 0 Å². The molecule has 0 saturated heterocycles. The molecule has 196 valence electrons. The van der Waals surface area contributed by atoms with Crippen LogP contribution in [-0.2, 0) is 0 Å². The van der Waals surface area contributed by atoms with Crippen LogP contribution in [0.15, 0.2) is 130 Å². The highest BCUT2D eigenvalue weighted by Crippen LogP contribution is 2.38. The van der Waals surface area contributed by atoms with Crippen LogP contribution >= 0.6 is 0 Å². The zero-order valence-corrected chi connectivity index (χ0v) is 22.2. The third-order valence-electron chi connectivity index (χ3n) is 7.82. The van der Waals surface area contributed by atoms with Gasteiger partial charge >= 0.3 is 0 Å². The molecule has 0 spiro atoms. The number of pyridine rings is 1. The molecule has 4 heterocycles. The van der Waals surface area contributed by atoms with Gasteiger partial charge in [-0.15, -0.1) is 0 Å². The molecular weight excluding hydrogens is 520 g/mol. The van der Waals surface area contributed by atoms with Gasteiger partial charge in [-0.3, -0.25) is 4.98 Å². The van der Waals surface area contributed by atoms with Gasteiger partial charge in [-0.05, 0) is 35.7 Å². The van der Waals surface area contributed by atoms with Gasteiger partial charge in [0.25, 0.3) is 0 Å². The smallest absolute Gasteiger partial charge is 0.164 e. The third-order valence-corrected chi connectivity index (χ3v) is 7.82. The van der Waals surface area contributed by atoms with Gasteiger partial charge in [0.1, 0.15) is 22.3 Å². The summed E-state index contributed by atoms with van der Waals surface area (Å²) in [4.78, 5) is 19.3. The Bertz CT molecular complexity index is 2480. The molecule has 4 aromatic heterocycles. The standard InChI is InChI=1S/C36H20N4O2/c1-2-7-22(8-3-1)34-38-35(40-36(39-34)26-10-6-12-31-32(26)25-9-4-5-11-29(25)41-31)23-14-13-21-15-16-24-28-20-37-18-17-30(28)42-33(24)27(21)19-23/h1-20H. The second-order valence-corrected chi connectivity index (χ2v) is 10.3. The van der Waals surface area contributed by atoms with Crippen LogP contribution in [0.1, 0.15) is 0 Å². The van der Waals surface area contributed by atoms with Crippen LogP contribution in [0, 0.1) is 0 Å². The molecule has 0 aliphatic heterocycles. The van der Waals surface area contributed by atoms with Gasteiger partial charge < -0.3 is 8.83 Å². The maximum absolute atomic E-state index is 6.32. The molecular formula is C36H20N4O2. The van der Waals surface area contributed by atoms with Crippen molar-refractivity contribution in [2.75, 3.05) is 0 Å². The summed E-state index contributed by atoms with van der Waals surface area (Å²) in [6, 6.07) is 36.4. The van der Waals surface area contributed by atoms with E-state index in [-0.39, 0.29) is 0 Å². The molecule has 0 saturated carbocycles. The molecule has 0 aliphatic carbocycles. The number of benzene rings is 5. The molecule has 6 nitrogen and oxygen atoms in total. The first-order valence-corrected chi connectivity index (χ1v) is 13.7. The Hall–Kier alpha value is -5.88. The minimum absolute atomic E-state index is 0.584. The van der Waals surface area contributed by atoms with E-state index in [4.69, 9.17) is 23.8 Å². The second-order valence-electron chi connectivity index (χ2n) is 10.3. The fourth-order valence-electron chi connectivity index (χ4n) is 5.84. The minimum Gasteiger partial charge on any atom is -0.456 e. The molecule has 0 atom stereocenters. The average molecular weight is 541 g/mol. The van der Waals surface area contributed by atoms with E-state index in [2.05, 4.69) is 41.4 Å². The number of rotatable bonds is 3. The number of hydrogen-bond donors (Lipinski definition) is 0. The minimum atomic E-state index is 0.584. The highest BCUT2D eigenvalue weighted by atomic mass is 16.3. The molecule has 0 N–H and O–H groups in total. The molecule has 9 aromatic rings. The van der Waals surface area contributed by atoms with E-state index in [9.17, 15) is 0 Å². The molecule has 42 heavy (non-hydrogen) atoms. The Balaban J connectivity index is 1.31. The van der Waals surface area contributed by atoms with Crippen LogP contribution in [0.3, 0.4) is 0 Å². The zero-order chi connectivity index (χ0) is 27.6. The Morgan fingerprint density at radius 1 is 0.476 bits per heavy atom. The second kappa shape index (κ2) is 8.81. The fraction of sp³-hybridized carbons (Fsp3) is 0. The summed E-state index contributed by atoms with van der Waals surface area (Å²) in [5.41, 5.74) is 5.95. The average Bonchev–Trinajstić information content (AvgIpc) is 3.63. The fourth-order valence-corrected chi connectivity index (χ4v) is 5.84. The molecule has 0 bridgehead atoms. The topological polar surface area (TPSA) is 77.8 Å². The summed E-state index contributed by atoms with van der Waals surface area (Å²) in [5, 5.41) is 6.11. The molecule has 5 aromatic carbocycles. The van der Waals surface area contributed by atoms with Gasteiger partial charge in [-0.1, -0.05) is 78.9 Å². The van der Waals surface area contributed by atoms with Crippen molar-refractivity contribution < 1.29 is 8.83 Å². The largest absolute Gasteiger partial charge is 0.456 e. The van der Waals surface area contributed by atoms with Crippen molar-refractivity contribution in [2.24, 2.45) is 0 Å². The Morgan fingerprint density at radius 2 is 1.24 bits per heavy atom. The van der Waals surface area contributed by atoms with Crippen LogP contribution in [0.4, 0.5) is 0 Å². The number of para-hydroxylation sites is 1. The van der Waals surface area contributed by atoms with Crippen LogP contribution in [0.25, 0.3) is 88.8 Å². The highest BCUT2D eigenvalue weighted by molar-refractivity contribution is 6.15. The zero-order valence-electron chi connectivity index (χ0n) is 22.2. The molecule has 0 aliphatic rings. The summed E-state index contributed by atoms with van der Waals surface area (Å²) in [5.74, 6) is 1.78. The van der Waals surface area contributed by atoms with E-state index >= 15 is 0 Å². The Labute approximate surface area is 238 Å². The van der Waals surface area contributed by atoms with E-state index in [1.165, 1.54) is 0 Å². The van der Waals surface area contributed by atoms with Crippen molar-refractivity contribution in [2.45, 2.75) is 0 Å². The van der Waals surface area contributed by atoms with Crippen molar-refractivity contribution in [1.82, 2.24) is 19.9 Å². The number of furan rings is 2. The quantitative estimate of drug-likeness (QED) is 0.222. The maximum atomic E-state index is 6.32. The lowest BCUT2D eigenvalue weighted by Gasteiger charge is -2.10. The first kappa shape index (κ1) is 22.9. The molecule has 0 amide bonds. The molecule has 0 fully saturated rings. The lowest BCUT2D eigenvalue weighted by atomic mass is 10.0. The first-order chi connectivity index (χ1) is 20.8. The van der Waals surface area contributed by atoms with Gasteiger partial charge in [-0.2, -0.15) is 0 Å². The van der Waals surface area contributed by atoms with Crippen LogP contribution < -0.4 is 0 Å². The number of hydrogen-bond acceptors (Lipinski definition) is 6. The van der Waals surface area contributed by atoms with Crippen molar-refractivity contribution >= 4 is 54.6 Å². The molecule has 9 rings (SSSR count). The summed E-state index contributed by atoms with van der Waals surface area (Å²) in [6.07, 6.45) is 3.60. The number of fused-ring (bicyclic) bond motifs is 8. The first-order valence-electron chi connectivity index (χ1n) is 13.7. The summed E-state index contributed by atoms with van der Waals surface area (Å²) >= 11 is 0. The molecule has 6 heteroatoms. The SMILES string of the molecule is c1ccc(-c2nc(-c3ccc4ccc5c6cnccc6oc5c4c3)nc(-c3cccc4oc5ccccc5c34)n2)cc1. The van der Waals surface area contributed by atoms with Gasteiger partial charge in [0.05, 0.1) is 0 Å². The third kappa shape index (κ3) is 3.45. The highest BCUT2D eigenvalue weighted by Gasteiger charge is 2.18. The van der Waals surface area contributed by atoms with E-state index in [1.807, 2.05) is 79.0 Å².